The lowest BCUT2D eigenvalue weighted by Crippen LogP contribution is -2.28. The molecule has 0 aromatic heterocycles. The summed E-state index contributed by atoms with van der Waals surface area (Å²) in [4.78, 5) is 11.9. The van der Waals surface area contributed by atoms with Gasteiger partial charge in [0.25, 0.3) is 5.91 Å². The molecule has 0 unspecified atom stereocenters. The van der Waals surface area contributed by atoms with Gasteiger partial charge in [-0.1, -0.05) is 24.3 Å². The zero-order chi connectivity index (χ0) is 15.9. The van der Waals surface area contributed by atoms with E-state index in [4.69, 9.17) is 9.47 Å². The highest BCUT2D eigenvalue weighted by Crippen LogP contribution is 2.17. The van der Waals surface area contributed by atoms with Crippen LogP contribution in [0.25, 0.3) is 0 Å². The van der Waals surface area contributed by atoms with Crippen LogP contribution in [0.5, 0.6) is 11.5 Å². The Balaban J connectivity index is 1.84. The molecule has 0 heterocycles. The Labute approximate surface area is 131 Å². The maximum absolute atomic E-state index is 11.9. The number of carbonyl (C=O) groups is 1. The van der Waals surface area contributed by atoms with Gasteiger partial charge in [0, 0.05) is 12.1 Å². The van der Waals surface area contributed by atoms with Crippen molar-refractivity contribution in [2.75, 3.05) is 13.7 Å². The average molecular weight is 299 g/mol. The van der Waals surface area contributed by atoms with Gasteiger partial charge in [-0.3, -0.25) is 4.79 Å². The van der Waals surface area contributed by atoms with Gasteiger partial charge < -0.3 is 14.8 Å². The Morgan fingerprint density at radius 3 is 2.59 bits per heavy atom. The fraction of sp³-hybridized carbons (Fsp3) is 0.278. The molecule has 0 saturated carbocycles. The lowest BCUT2D eigenvalue weighted by Gasteiger charge is -2.11. The zero-order valence-electron chi connectivity index (χ0n) is 13.2. The standard InChI is InChI=1S/C18H21NO3/c1-13-8-9-16(10-14(13)2)22-12-18(20)19-11-15-6-4-5-7-17(15)21-3/h4-10H,11-12H2,1-3H3,(H,19,20). The van der Waals surface area contributed by atoms with Crippen LogP contribution in [0.15, 0.2) is 42.5 Å². The molecule has 22 heavy (non-hydrogen) atoms. The molecule has 4 nitrogen and oxygen atoms in total. The van der Waals surface area contributed by atoms with Crippen molar-refractivity contribution in [3.8, 4) is 11.5 Å². The molecule has 0 atom stereocenters. The van der Waals surface area contributed by atoms with Crippen molar-refractivity contribution >= 4 is 5.91 Å². The minimum absolute atomic E-state index is 0.00233. The van der Waals surface area contributed by atoms with Crippen molar-refractivity contribution in [3.63, 3.8) is 0 Å². The second-order valence-corrected chi connectivity index (χ2v) is 5.12. The molecule has 2 aromatic rings. The van der Waals surface area contributed by atoms with E-state index in [9.17, 15) is 4.79 Å². The molecular formula is C18H21NO3. The van der Waals surface area contributed by atoms with E-state index in [1.54, 1.807) is 7.11 Å². The van der Waals surface area contributed by atoms with E-state index in [0.717, 1.165) is 16.9 Å². The Bertz CT molecular complexity index is 653. The van der Waals surface area contributed by atoms with Crippen molar-refractivity contribution in [2.45, 2.75) is 20.4 Å². The van der Waals surface area contributed by atoms with Crippen LogP contribution in [-0.2, 0) is 11.3 Å². The number of amides is 1. The highest BCUT2D eigenvalue weighted by atomic mass is 16.5. The number of aryl methyl sites for hydroxylation is 2. The summed E-state index contributed by atoms with van der Waals surface area (Å²) in [7, 11) is 1.61. The van der Waals surface area contributed by atoms with Crippen molar-refractivity contribution < 1.29 is 14.3 Å². The van der Waals surface area contributed by atoms with Crippen LogP contribution in [0.1, 0.15) is 16.7 Å². The van der Waals surface area contributed by atoms with Crippen LogP contribution in [0.2, 0.25) is 0 Å². The number of ether oxygens (including phenoxy) is 2. The minimum atomic E-state index is -0.163. The second kappa shape index (κ2) is 7.50. The van der Waals surface area contributed by atoms with Crippen molar-refractivity contribution in [3.05, 3.63) is 59.2 Å². The monoisotopic (exact) mass is 299 g/mol. The third-order valence-corrected chi connectivity index (χ3v) is 3.52. The third kappa shape index (κ3) is 4.25. The van der Waals surface area contributed by atoms with E-state index in [1.807, 2.05) is 56.3 Å². The number of carbonyl (C=O) groups excluding carboxylic acids is 1. The SMILES string of the molecule is COc1ccccc1CNC(=O)COc1ccc(C)c(C)c1. The van der Waals surface area contributed by atoms with Gasteiger partial charge in [0.05, 0.1) is 7.11 Å². The van der Waals surface area contributed by atoms with Crippen molar-refractivity contribution in [1.29, 1.82) is 0 Å². The van der Waals surface area contributed by atoms with Crippen molar-refractivity contribution in [1.82, 2.24) is 5.32 Å². The molecule has 0 aliphatic carbocycles. The summed E-state index contributed by atoms with van der Waals surface area (Å²) < 4.78 is 10.8. The summed E-state index contributed by atoms with van der Waals surface area (Å²) in [6.45, 7) is 4.47. The van der Waals surface area contributed by atoms with Crippen molar-refractivity contribution in [2.24, 2.45) is 0 Å². The molecule has 1 N–H and O–H groups in total. The third-order valence-electron chi connectivity index (χ3n) is 3.52. The summed E-state index contributed by atoms with van der Waals surface area (Å²) in [6.07, 6.45) is 0. The first-order valence-corrected chi connectivity index (χ1v) is 7.19. The molecule has 1 amide bonds. The van der Waals surface area contributed by atoms with Crippen LogP contribution in [0, 0.1) is 13.8 Å². The molecule has 2 aromatic carbocycles. The molecule has 116 valence electrons. The van der Waals surface area contributed by atoms with Crippen LogP contribution < -0.4 is 14.8 Å². The number of hydrogen-bond donors (Lipinski definition) is 1. The molecule has 2 rings (SSSR count). The average Bonchev–Trinajstić information content (AvgIpc) is 2.54. The van der Waals surface area contributed by atoms with E-state index in [1.165, 1.54) is 5.56 Å². The van der Waals surface area contributed by atoms with Crippen LogP contribution in [0.3, 0.4) is 0 Å². The van der Waals surface area contributed by atoms with Gasteiger partial charge in [-0.2, -0.15) is 0 Å². The normalized spacial score (nSPS) is 10.1. The quantitative estimate of drug-likeness (QED) is 0.892. The topological polar surface area (TPSA) is 47.6 Å². The van der Waals surface area contributed by atoms with Crippen LogP contribution >= 0.6 is 0 Å². The van der Waals surface area contributed by atoms with E-state index in [0.29, 0.717) is 12.3 Å². The van der Waals surface area contributed by atoms with Crippen LogP contribution in [-0.4, -0.2) is 19.6 Å². The first kappa shape index (κ1) is 15.9. The van der Waals surface area contributed by atoms with Gasteiger partial charge in [-0.25, -0.2) is 0 Å². The minimum Gasteiger partial charge on any atom is -0.496 e. The van der Waals surface area contributed by atoms with Gasteiger partial charge >= 0.3 is 0 Å². The Morgan fingerprint density at radius 1 is 1.09 bits per heavy atom. The molecule has 0 bridgehead atoms. The molecule has 0 fully saturated rings. The lowest BCUT2D eigenvalue weighted by atomic mass is 10.1. The van der Waals surface area contributed by atoms with Crippen LogP contribution in [0.4, 0.5) is 0 Å². The lowest BCUT2D eigenvalue weighted by molar-refractivity contribution is -0.123. The number of methoxy groups -OCH3 is 1. The number of rotatable bonds is 6. The Hall–Kier alpha value is -2.49. The second-order valence-electron chi connectivity index (χ2n) is 5.12. The molecule has 0 radical (unpaired) electrons. The van der Waals surface area contributed by atoms with Gasteiger partial charge in [0.2, 0.25) is 0 Å². The first-order chi connectivity index (χ1) is 10.6. The summed E-state index contributed by atoms with van der Waals surface area (Å²) in [5, 5.41) is 2.83. The van der Waals surface area contributed by atoms with E-state index in [2.05, 4.69) is 5.32 Å². The number of nitrogens with one attached hydrogen (secondary N) is 1. The summed E-state index contributed by atoms with van der Waals surface area (Å²) in [5.41, 5.74) is 3.28. The summed E-state index contributed by atoms with van der Waals surface area (Å²) in [6, 6.07) is 13.4. The number of hydrogen-bond acceptors (Lipinski definition) is 3. The maximum Gasteiger partial charge on any atom is 0.258 e. The highest BCUT2D eigenvalue weighted by Gasteiger charge is 2.06. The molecule has 0 aliphatic heterocycles. The van der Waals surface area contributed by atoms with E-state index >= 15 is 0 Å². The maximum atomic E-state index is 11.9. The Morgan fingerprint density at radius 2 is 1.86 bits per heavy atom. The van der Waals surface area contributed by atoms with E-state index < -0.39 is 0 Å². The summed E-state index contributed by atoms with van der Waals surface area (Å²) >= 11 is 0. The molecular weight excluding hydrogens is 278 g/mol. The van der Waals surface area contributed by atoms with E-state index in [-0.39, 0.29) is 12.5 Å². The molecule has 0 spiro atoms. The van der Waals surface area contributed by atoms with Gasteiger partial charge in [-0.05, 0) is 43.2 Å². The number of para-hydroxylation sites is 1. The van der Waals surface area contributed by atoms with Gasteiger partial charge in [0.15, 0.2) is 6.61 Å². The molecule has 0 aliphatic rings. The zero-order valence-corrected chi connectivity index (χ0v) is 13.2. The fourth-order valence-electron chi connectivity index (χ4n) is 2.05. The first-order valence-electron chi connectivity index (χ1n) is 7.19. The largest absolute Gasteiger partial charge is 0.496 e. The Kier molecular flexibility index (Phi) is 5.42. The van der Waals surface area contributed by atoms with Gasteiger partial charge in [-0.15, -0.1) is 0 Å². The fourth-order valence-corrected chi connectivity index (χ4v) is 2.05. The molecule has 4 heteroatoms. The smallest absolute Gasteiger partial charge is 0.258 e. The number of benzene rings is 2. The highest BCUT2D eigenvalue weighted by molar-refractivity contribution is 5.77. The predicted molar refractivity (Wildman–Crippen MR) is 86.3 cm³/mol. The predicted octanol–water partition coefficient (Wildman–Crippen LogP) is 3.01. The molecule has 0 saturated heterocycles. The van der Waals surface area contributed by atoms with Gasteiger partial charge in [0.1, 0.15) is 11.5 Å². The summed E-state index contributed by atoms with van der Waals surface area (Å²) in [5.74, 6) is 1.30.